The van der Waals surface area contributed by atoms with Gasteiger partial charge in [-0.15, -0.1) is 0 Å². The van der Waals surface area contributed by atoms with E-state index in [0.717, 1.165) is 15.6 Å². The van der Waals surface area contributed by atoms with Gasteiger partial charge in [-0.2, -0.15) is 0 Å². The van der Waals surface area contributed by atoms with Crippen LogP contribution in [-0.4, -0.2) is 0 Å². The van der Waals surface area contributed by atoms with Gasteiger partial charge in [0.2, 0.25) is 0 Å². The van der Waals surface area contributed by atoms with Gasteiger partial charge in [-0.3, -0.25) is 0 Å². The van der Waals surface area contributed by atoms with Crippen LogP contribution in [-0.2, 0) is 0 Å². The van der Waals surface area contributed by atoms with Crippen LogP contribution in [0, 0.1) is 13.8 Å². The van der Waals surface area contributed by atoms with E-state index < -0.39 is 0 Å². The van der Waals surface area contributed by atoms with Gasteiger partial charge in [0.15, 0.2) is 0 Å². The first-order valence-electron chi connectivity index (χ1n) is 7.08. The number of halogens is 1. The third-order valence-corrected chi connectivity index (χ3v) is 4.82. The van der Waals surface area contributed by atoms with E-state index in [9.17, 15) is 0 Å². The highest BCUT2D eigenvalue weighted by Gasteiger charge is 2.13. The second-order valence-corrected chi connectivity index (χ2v) is 6.36. The van der Waals surface area contributed by atoms with Crippen LogP contribution in [0.3, 0.4) is 0 Å². The zero-order valence-electron chi connectivity index (χ0n) is 12.2. The molecule has 0 aliphatic carbocycles. The second-order valence-electron chi connectivity index (χ2n) is 5.50. The number of hydrogen-bond acceptors (Lipinski definition) is 1. The quantitative estimate of drug-likeness (QED) is 0.676. The predicted octanol–water partition coefficient (Wildman–Crippen LogP) is 5.27. The summed E-state index contributed by atoms with van der Waals surface area (Å²) in [7, 11) is 0. The van der Waals surface area contributed by atoms with Crippen molar-refractivity contribution in [2.24, 2.45) is 5.73 Å². The van der Waals surface area contributed by atoms with Crippen LogP contribution in [0.4, 0.5) is 0 Å². The highest BCUT2D eigenvalue weighted by Crippen LogP contribution is 2.32. The van der Waals surface area contributed by atoms with Gasteiger partial charge >= 0.3 is 0 Å². The molecule has 0 bridgehead atoms. The standard InChI is InChI=1S/C19H18BrN/c1-12-7-8-14(11-13(12)2)19(21)17-9-10-18(20)16-6-4-3-5-15(16)17/h3-11,19H,21H2,1-2H3. The van der Waals surface area contributed by atoms with Gasteiger partial charge in [-0.1, -0.05) is 64.5 Å². The number of nitrogens with two attached hydrogens (primary N) is 1. The van der Waals surface area contributed by atoms with Crippen LogP contribution in [0.15, 0.2) is 59.1 Å². The summed E-state index contributed by atoms with van der Waals surface area (Å²) in [4.78, 5) is 0. The highest BCUT2D eigenvalue weighted by atomic mass is 79.9. The molecule has 0 saturated heterocycles. The molecular weight excluding hydrogens is 322 g/mol. The molecule has 106 valence electrons. The largest absolute Gasteiger partial charge is 0.320 e. The van der Waals surface area contributed by atoms with Gasteiger partial charge in [0, 0.05) is 4.47 Å². The fraction of sp³-hybridized carbons (Fsp3) is 0.158. The van der Waals surface area contributed by atoms with Crippen LogP contribution < -0.4 is 5.73 Å². The van der Waals surface area contributed by atoms with Crippen molar-refractivity contribution in [1.82, 2.24) is 0 Å². The lowest BCUT2D eigenvalue weighted by molar-refractivity contribution is 0.877. The summed E-state index contributed by atoms with van der Waals surface area (Å²) in [5.74, 6) is 0. The van der Waals surface area contributed by atoms with Gasteiger partial charge in [0.05, 0.1) is 6.04 Å². The first-order valence-corrected chi connectivity index (χ1v) is 7.87. The van der Waals surface area contributed by atoms with E-state index in [0.29, 0.717) is 0 Å². The molecule has 2 N–H and O–H groups in total. The van der Waals surface area contributed by atoms with Crippen LogP contribution in [0.25, 0.3) is 10.8 Å². The Morgan fingerprint density at radius 1 is 0.857 bits per heavy atom. The summed E-state index contributed by atoms with van der Waals surface area (Å²) >= 11 is 3.62. The van der Waals surface area contributed by atoms with E-state index in [2.05, 4.69) is 84.4 Å². The van der Waals surface area contributed by atoms with Crippen molar-refractivity contribution in [2.75, 3.05) is 0 Å². The van der Waals surface area contributed by atoms with Crippen molar-refractivity contribution in [3.63, 3.8) is 0 Å². The summed E-state index contributed by atoms with van der Waals surface area (Å²) < 4.78 is 1.11. The van der Waals surface area contributed by atoms with Gasteiger partial charge in [-0.25, -0.2) is 0 Å². The molecule has 0 aliphatic heterocycles. The maximum atomic E-state index is 6.54. The molecule has 0 spiro atoms. The molecular formula is C19H18BrN. The highest BCUT2D eigenvalue weighted by molar-refractivity contribution is 9.10. The minimum atomic E-state index is -0.109. The number of benzene rings is 3. The van der Waals surface area contributed by atoms with Crippen molar-refractivity contribution in [3.05, 3.63) is 81.3 Å². The molecule has 0 aliphatic rings. The van der Waals surface area contributed by atoms with Crippen molar-refractivity contribution in [1.29, 1.82) is 0 Å². The maximum absolute atomic E-state index is 6.54. The molecule has 3 aromatic carbocycles. The fourth-order valence-corrected chi connectivity index (χ4v) is 3.17. The fourth-order valence-electron chi connectivity index (χ4n) is 2.69. The summed E-state index contributed by atoms with van der Waals surface area (Å²) in [6.45, 7) is 4.25. The number of rotatable bonds is 2. The van der Waals surface area contributed by atoms with E-state index in [-0.39, 0.29) is 6.04 Å². The van der Waals surface area contributed by atoms with E-state index in [1.165, 1.54) is 21.9 Å². The minimum Gasteiger partial charge on any atom is -0.320 e. The van der Waals surface area contributed by atoms with E-state index in [1.54, 1.807) is 0 Å². The summed E-state index contributed by atoms with van der Waals surface area (Å²) in [6.07, 6.45) is 0. The molecule has 1 nitrogen and oxygen atoms in total. The van der Waals surface area contributed by atoms with Crippen LogP contribution in [0.2, 0.25) is 0 Å². The molecule has 1 unspecified atom stereocenters. The van der Waals surface area contributed by atoms with Gasteiger partial charge in [0.1, 0.15) is 0 Å². The Hall–Kier alpha value is -1.64. The molecule has 0 heterocycles. The van der Waals surface area contributed by atoms with Crippen molar-refractivity contribution < 1.29 is 0 Å². The molecule has 21 heavy (non-hydrogen) atoms. The Kier molecular flexibility index (Phi) is 3.83. The molecule has 0 amide bonds. The average Bonchev–Trinajstić information content (AvgIpc) is 2.50. The molecule has 0 fully saturated rings. The molecule has 3 aromatic rings. The van der Waals surface area contributed by atoms with Crippen LogP contribution in [0.5, 0.6) is 0 Å². The zero-order valence-corrected chi connectivity index (χ0v) is 13.8. The summed E-state index contributed by atoms with van der Waals surface area (Å²) in [6, 6.07) is 18.9. The molecule has 0 saturated carbocycles. The lowest BCUT2D eigenvalue weighted by Gasteiger charge is -2.17. The second kappa shape index (κ2) is 5.63. The van der Waals surface area contributed by atoms with E-state index >= 15 is 0 Å². The third kappa shape index (κ3) is 2.61. The average molecular weight is 340 g/mol. The normalized spacial score (nSPS) is 12.6. The Labute approximate surface area is 133 Å². The Bertz CT molecular complexity index is 808. The number of aryl methyl sites for hydroxylation is 2. The van der Waals surface area contributed by atoms with Gasteiger partial charge < -0.3 is 5.73 Å². The zero-order chi connectivity index (χ0) is 15.0. The van der Waals surface area contributed by atoms with Crippen molar-refractivity contribution in [3.8, 4) is 0 Å². The van der Waals surface area contributed by atoms with Gasteiger partial charge in [0.25, 0.3) is 0 Å². The van der Waals surface area contributed by atoms with Crippen LogP contribution in [0.1, 0.15) is 28.3 Å². The minimum absolute atomic E-state index is 0.109. The molecule has 0 radical (unpaired) electrons. The Balaban J connectivity index is 2.15. The topological polar surface area (TPSA) is 26.0 Å². The third-order valence-electron chi connectivity index (χ3n) is 4.13. The molecule has 3 rings (SSSR count). The molecule has 0 aromatic heterocycles. The number of hydrogen-bond donors (Lipinski definition) is 1. The van der Waals surface area contributed by atoms with Gasteiger partial charge in [-0.05, 0) is 52.9 Å². The Morgan fingerprint density at radius 3 is 2.29 bits per heavy atom. The lowest BCUT2D eigenvalue weighted by Crippen LogP contribution is -2.12. The summed E-state index contributed by atoms with van der Waals surface area (Å²) in [5.41, 5.74) is 11.4. The molecule has 1 atom stereocenters. The van der Waals surface area contributed by atoms with E-state index in [4.69, 9.17) is 5.73 Å². The monoisotopic (exact) mass is 339 g/mol. The number of fused-ring (bicyclic) bond motifs is 1. The van der Waals surface area contributed by atoms with Crippen molar-refractivity contribution in [2.45, 2.75) is 19.9 Å². The predicted molar refractivity (Wildman–Crippen MR) is 93.6 cm³/mol. The summed E-state index contributed by atoms with van der Waals surface area (Å²) in [5, 5.41) is 2.41. The van der Waals surface area contributed by atoms with Crippen LogP contribution >= 0.6 is 15.9 Å². The van der Waals surface area contributed by atoms with Crippen molar-refractivity contribution >= 4 is 26.7 Å². The first-order chi connectivity index (χ1) is 10.1. The lowest BCUT2D eigenvalue weighted by atomic mass is 9.93. The maximum Gasteiger partial charge on any atom is 0.0557 e. The SMILES string of the molecule is Cc1ccc(C(N)c2ccc(Br)c3ccccc23)cc1C. The van der Waals surface area contributed by atoms with E-state index in [1.807, 2.05) is 0 Å². The smallest absolute Gasteiger partial charge is 0.0557 e. The Morgan fingerprint density at radius 2 is 1.57 bits per heavy atom. The molecule has 2 heteroatoms. The first kappa shape index (κ1) is 14.3.